The lowest BCUT2D eigenvalue weighted by Crippen LogP contribution is -2.17. The molecule has 0 amide bonds. The molecule has 1 N–H and O–H groups in total. The van der Waals surface area contributed by atoms with Crippen LogP contribution in [0, 0.1) is 0 Å². The fraction of sp³-hybridized carbons (Fsp3) is 0.227. The largest absolute Gasteiger partial charge is 0.489 e. The van der Waals surface area contributed by atoms with E-state index in [2.05, 4.69) is 69.4 Å². The molecule has 0 aliphatic rings. The predicted octanol–water partition coefficient (Wildman–Crippen LogP) is 3.82. The molecule has 29 heavy (non-hydrogen) atoms. The van der Waals surface area contributed by atoms with Crippen molar-refractivity contribution < 1.29 is 4.74 Å². The Morgan fingerprint density at radius 3 is 2.66 bits per heavy atom. The molecular weight excluding hydrogens is 382 g/mol. The van der Waals surface area contributed by atoms with E-state index in [4.69, 9.17) is 4.74 Å². The molecule has 1 heterocycles. The van der Waals surface area contributed by atoms with Gasteiger partial charge in [-0.3, -0.25) is 0 Å². The Labute approximate surface area is 174 Å². The third kappa shape index (κ3) is 4.93. The van der Waals surface area contributed by atoms with Crippen molar-refractivity contribution in [3.05, 3.63) is 77.9 Å². The molecule has 0 bridgehead atoms. The van der Waals surface area contributed by atoms with Crippen LogP contribution in [0.5, 0.6) is 5.75 Å². The first-order valence-corrected chi connectivity index (χ1v) is 10.5. The zero-order chi connectivity index (χ0) is 19.9. The Morgan fingerprint density at radius 2 is 1.83 bits per heavy atom. The molecule has 3 aromatic carbocycles. The van der Waals surface area contributed by atoms with Gasteiger partial charge in [-0.25, -0.2) is 4.68 Å². The quantitative estimate of drug-likeness (QED) is 0.337. The summed E-state index contributed by atoms with van der Waals surface area (Å²) in [6, 6.07) is 22.9. The van der Waals surface area contributed by atoms with E-state index in [9.17, 15) is 0 Å². The molecule has 0 aliphatic heterocycles. The van der Waals surface area contributed by atoms with E-state index in [1.54, 1.807) is 16.4 Å². The molecule has 6 nitrogen and oxygen atoms in total. The first kappa shape index (κ1) is 19.4. The maximum Gasteiger partial charge on any atom is 0.209 e. The SMILES string of the molecule is Cn1nnnc1SCCNCc1c(OCc2ccccc2)ccc2ccccc12. The normalized spacial score (nSPS) is 11.1. The van der Waals surface area contributed by atoms with Gasteiger partial charge < -0.3 is 10.1 Å². The van der Waals surface area contributed by atoms with Crippen molar-refractivity contribution in [3.63, 3.8) is 0 Å². The zero-order valence-corrected chi connectivity index (χ0v) is 17.1. The van der Waals surface area contributed by atoms with E-state index in [-0.39, 0.29) is 0 Å². The lowest BCUT2D eigenvalue weighted by molar-refractivity contribution is 0.303. The number of benzene rings is 3. The molecule has 4 rings (SSSR count). The molecule has 7 heteroatoms. The Balaban J connectivity index is 1.43. The number of fused-ring (bicyclic) bond motifs is 1. The van der Waals surface area contributed by atoms with Crippen LogP contribution in [0.3, 0.4) is 0 Å². The van der Waals surface area contributed by atoms with E-state index in [1.165, 1.54) is 16.3 Å². The molecule has 0 saturated carbocycles. The molecule has 148 valence electrons. The minimum atomic E-state index is 0.557. The molecule has 0 aliphatic carbocycles. The van der Waals surface area contributed by atoms with Gasteiger partial charge in [-0.2, -0.15) is 0 Å². The molecule has 0 fully saturated rings. The second kappa shape index (κ2) is 9.54. The van der Waals surface area contributed by atoms with Crippen LogP contribution in [0.4, 0.5) is 0 Å². The molecule has 0 spiro atoms. The Morgan fingerprint density at radius 1 is 1.00 bits per heavy atom. The van der Waals surface area contributed by atoms with Crippen LogP contribution in [0.15, 0.2) is 71.9 Å². The maximum absolute atomic E-state index is 6.19. The van der Waals surface area contributed by atoms with Crippen molar-refractivity contribution >= 4 is 22.5 Å². The Hall–Kier alpha value is -2.90. The number of ether oxygens (including phenoxy) is 1. The maximum atomic E-state index is 6.19. The number of nitrogens with zero attached hydrogens (tertiary/aromatic N) is 4. The third-order valence-electron chi connectivity index (χ3n) is 4.63. The summed E-state index contributed by atoms with van der Waals surface area (Å²) in [6.45, 7) is 2.14. The number of rotatable bonds is 9. The highest BCUT2D eigenvalue weighted by molar-refractivity contribution is 7.99. The average molecular weight is 406 g/mol. The Bertz CT molecular complexity index is 1070. The highest BCUT2D eigenvalue weighted by atomic mass is 32.2. The first-order valence-electron chi connectivity index (χ1n) is 9.54. The summed E-state index contributed by atoms with van der Waals surface area (Å²) in [6.07, 6.45) is 0. The van der Waals surface area contributed by atoms with Crippen LogP contribution >= 0.6 is 11.8 Å². The molecular formula is C22H23N5OS. The van der Waals surface area contributed by atoms with Gasteiger partial charge in [0, 0.05) is 31.5 Å². The van der Waals surface area contributed by atoms with E-state index >= 15 is 0 Å². The van der Waals surface area contributed by atoms with Crippen molar-refractivity contribution in [1.29, 1.82) is 0 Å². The fourth-order valence-electron chi connectivity index (χ4n) is 3.14. The number of tetrazole rings is 1. The third-order valence-corrected chi connectivity index (χ3v) is 5.64. The average Bonchev–Trinajstić information content (AvgIpc) is 3.18. The second-order valence-electron chi connectivity index (χ2n) is 6.65. The van der Waals surface area contributed by atoms with Gasteiger partial charge in [0.1, 0.15) is 12.4 Å². The van der Waals surface area contributed by atoms with Crippen LogP contribution in [-0.2, 0) is 20.2 Å². The fourth-order valence-corrected chi connectivity index (χ4v) is 3.89. The number of aryl methyl sites for hydroxylation is 1. The lowest BCUT2D eigenvalue weighted by atomic mass is 10.0. The van der Waals surface area contributed by atoms with Crippen molar-refractivity contribution in [3.8, 4) is 5.75 Å². The summed E-state index contributed by atoms with van der Waals surface area (Å²) in [5, 5.41) is 18.3. The predicted molar refractivity (Wildman–Crippen MR) is 116 cm³/mol. The first-order chi connectivity index (χ1) is 14.3. The minimum Gasteiger partial charge on any atom is -0.489 e. The van der Waals surface area contributed by atoms with Gasteiger partial charge in [-0.15, -0.1) is 5.10 Å². The van der Waals surface area contributed by atoms with E-state index in [0.717, 1.165) is 35.3 Å². The van der Waals surface area contributed by atoms with Gasteiger partial charge in [0.25, 0.3) is 0 Å². The monoisotopic (exact) mass is 405 g/mol. The van der Waals surface area contributed by atoms with Crippen molar-refractivity contribution in [2.75, 3.05) is 12.3 Å². The van der Waals surface area contributed by atoms with Crippen LogP contribution in [-0.4, -0.2) is 32.5 Å². The Kier molecular flexibility index (Phi) is 6.38. The molecule has 0 saturated heterocycles. The van der Waals surface area contributed by atoms with Gasteiger partial charge in [0.15, 0.2) is 0 Å². The number of aromatic nitrogens is 4. The number of hydrogen-bond donors (Lipinski definition) is 1. The highest BCUT2D eigenvalue weighted by Crippen LogP contribution is 2.29. The summed E-state index contributed by atoms with van der Waals surface area (Å²) in [5.74, 6) is 1.81. The molecule has 0 unspecified atom stereocenters. The molecule has 1 aromatic heterocycles. The number of hydrogen-bond acceptors (Lipinski definition) is 6. The summed E-state index contributed by atoms with van der Waals surface area (Å²) < 4.78 is 7.87. The van der Waals surface area contributed by atoms with Gasteiger partial charge >= 0.3 is 0 Å². The number of thioether (sulfide) groups is 1. The van der Waals surface area contributed by atoms with Gasteiger partial charge in [0.2, 0.25) is 5.16 Å². The highest BCUT2D eigenvalue weighted by Gasteiger charge is 2.09. The minimum absolute atomic E-state index is 0.557. The summed E-state index contributed by atoms with van der Waals surface area (Å²) in [5.41, 5.74) is 2.35. The standard InChI is InChI=1S/C22H23N5OS/c1-27-22(24-25-26-27)29-14-13-23-15-20-19-10-6-5-9-18(19)11-12-21(20)28-16-17-7-3-2-4-8-17/h2-12,23H,13-16H2,1H3. The smallest absolute Gasteiger partial charge is 0.209 e. The topological polar surface area (TPSA) is 64.9 Å². The second-order valence-corrected chi connectivity index (χ2v) is 7.71. The van der Waals surface area contributed by atoms with E-state index in [0.29, 0.717) is 6.61 Å². The molecule has 0 radical (unpaired) electrons. The van der Waals surface area contributed by atoms with Crippen molar-refractivity contribution in [2.24, 2.45) is 7.05 Å². The van der Waals surface area contributed by atoms with Crippen molar-refractivity contribution in [2.45, 2.75) is 18.3 Å². The van der Waals surface area contributed by atoms with Crippen LogP contribution in [0.25, 0.3) is 10.8 Å². The lowest BCUT2D eigenvalue weighted by Gasteiger charge is -2.15. The van der Waals surface area contributed by atoms with Crippen LogP contribution < -0.4 is 10.1 Å². The summed E-state index contributed by atoms with van der Waals surface area (Å²) in [7, 11) is 1.85. The zero-order valence-electron chi connectivity index (χ0n) is 16.3. The summed E-state index contributed by atoms with van der Waals surface area (Å²) >= 11 is 1.64. The van der Waals surface area contributed by atoms with E-state index in [1.807, 2.05) is 25.2 Å². The van der Waals surface area contributed by atoms with E-state index < -0.39 is 0 Å². The molecule has 0 atom stereocenters. The van der Waals surface area contributed by atoms with Crippen molar-refractivity contribution in [1.82, 2.24) is 25.5 Å². The van der Waals surface area contributed by atoms with Gasteiger partial charge in [0.05, 0.1) is 0 Å². The summed E-state index contributed by atoms with van der Waals surface area (Å²) in [4.78, 5) is 0. The number of nitrogens with one attached hydrogen (secondary N) is 1. The van der Waals surface area contributed by atoms with Crippen LogP contribution in [0.2, 0.25) is 0 Å². The molecule has 4 aromatic rings. The van der Waals surface area contributed by atoms with Crippen LogP contribution in [0.1, 0.15) is 11.1 Å². The van der Waals surface area contributed by atoms with Gasteiger partial charge in [-0.05, 0) is 32.8 Å². The van der Waals surface area contributed by atoms with Gasteiger partial charge in [-0.1, -0.05) is 72.4 Å².